The van der Waals surface area contributed by atoms with Crippen molar-refractivity contribution in [2.75, 3.05) is 14.1 Å². The van der Waals surface area contributed by atoms with E-state index < -0.39 is 0 Å². The Morgan fingerprint density at radius 1 is 1.03 bits per heavy atom. The molecule has 2 aromatic heterocycles. The van der Waals surface area contributed by atoms with Gasteiger partial charge in [-0.3, -0.25) is 9.59 Å². The Bertz CT molecular complexity index is 1180. The van der Waals surface area contributed by atoms with Gasteiger partial charge in [-0.15, -0.1) is 0 Å². The Hall–Kier alpha value is -4.13. The third-order valence-corrected chi connectivity index (χ3v) is 4.91. The third kappa shape index (κ3) is 4.25. The molecule has 0 unspecified atom stereocenters. The molecular formula is C24H22N4O3. The van der Waals surface area contributed by atoms with Crippen molar-refractivity contribution < 1.29 is 14.0 Å². The molecule has 0 saturated carbocycles. The predicted molar refractivity (Wildman–Crippen MR) is 117 cm³/mol. The van der Waals surface area contributed by atoms with E-state index in [9.17, 15) is 9.59 Å². The Morgan fingerprint density at radius 3 is 2.42 bits per heavy atom. The molecule has 0 saturated heterocycles. The van der Waals surface area contributed by atoms with E-state index in [1.54, 1.807) is 54.2 Å². The van der Waals surface area contributed by atoms with Crippen molar-refractivity contribution >= 4 is 11.8 Å². The molecule has 0 radical (unpaired) electrons. The summed E-state index contributed by atoms with van der Waals surface area (Å²) in [4.78, 5) is 26.7. The van der Waals surface area contributed by atoms with E-state index in [1.807, 2.05) is 48.5 Å². The fourth-order valence-corrected chi connectivity index (χ4v) is 3.29. The van der Waals surface area contributed by atoms with Gasteiger partial charge in [0.25, 0.3) is 11.8 Å². The number of amides is 2. The monoisotopic (exact) mass is 414 g/mol. The van der Waals surface area contributed by atoms with Crippen LogP contribution >= 0.6 is 0 Å². The lowest BCUT2D eigenvalue weighted by Gasteiger charge is -2.18. The number of nitrogens with zero attached hydrogens (tertiary/aromatic N) is 3. The number of benzene rings is 2. The zero-order valence-corrected chi connectivity index (χ0v) is 17.3. The Labute approximate surface area is 179 Å². The van der Waals surface area contributed by atoms with E-state index in [1.165, 1.54) is 0 Å². The Balaban J connectivity index is 1.62. The van der Waals surface area contributed by atoms with Gasteiger partial charge in [-0.05, 0) is 42.0 Å². The van der Waals surface area contributed by atoms with Crippen LogP contribution < -0.4 is 5.32 Å². The van der Waals surface area contributed by atoms with Crippen LogP contribution in [0.4, 0.5) is 0 Å². The molecule has 2 heterocycles. The number of nitrogens with one attached hydrogen (secondary N) is 1. The number of furan rings is 1. The molecule has 7 nitrogen and oxygen atoms in total. The predicted octanol–water partition coefficient (Wildman–Crippen LogP) is 3.76. The largest absolute Gasteiger partial charge is 0.463 e. The van der Waals surface area contributed by atoms with Crippen molar-refractivity contribution in [3.8, 4) is 17.1 Å². The summed E-state index contributed by atoms with van der Waals surface area (Å²) in [5.41, 5.74) is 3.29. The van der Waals surface area contributed by atoms with Crippen LogP contribution in [0, 0.1) is 0 Å². The van der Waals surface area contributed by atoms with Crippen LogP contribution in [-0.4, -0.2) is 40.6 Å². The third-order valence-electron chi connectivity index (χ3n) is 4.91. The molecule has 0 aliphatic carbocycles. The van der Waals surface area contributed by atoms with E-state index in [0.29, 0.717) is 29.3 Å². The molecule has 0 aliphatic heterocycles. The second-order valence-electron chi connectivity index (χ2n) is 7.08. The number of carbonyl (C=O) groups excluding carboxylic acids is 2. The summed E-state index contributed by atoms with van der Waals surface area (Å²) >= 11 is 0. The summed E-state index contributed by atoms with van der Waals surface area (Å²) in [5, 5.41) is 7.20. The average Bonchev–Trinajstić information content (AvgIpc) is 3.49. The Morgan fingerprint density at radius 2 is 1.77 bits per heavy atom. The molecule has 1 N–H and O–H groups in total. The van der Waals surface area contributed by atoms with Crippen LogP contribution in [0.25, 0.3) is 17.1 Å². The van der Waals surface area contributed by atoms with Crippen molar-refractivity contribution in [1.29, 1.82) is 0 Å². The molecule has 4 aromatic rings. The average molecular weight is 414 g/mol. The molecular weight excluding hydrogens is 392 g/mol. The molecule has 4 rings (SSSR count). The van der Waals surface area contributed by atoms with Crippen LogP contribution in [0.2, 0.25) is 0 Å². The summed E-state index contributed by atoms with van der Waals surface area (Å²) in [5.74, 6) is 0.272. The topological polar surface area (TPSA) is 80.4 Å². The van der Waals surface area contributed by atoms with E-state index in [0.717, 1.165) is 11.3 Å². The van der Waals surface area contributed by atoms with Gasteiger partial charge in [0.05, 0.1) is 12.0 Å². The van der Waals surface area contributed by atoms with Crippen molar-refractivity contribution in [2.24, 2.45) is 0 Å². The summed E-state index contributed by atoms with van der Waals surface area (Å²) in [7, 11) is 3.33. The zero-order valence-electron chi connectivity index (χ0n) is 17.3. The lowest BCUT2D eigenvalue weighted by atomic mass is 10.1. The molecule has 156 valence electrons. The fraction of sp³-hybridized carbons (Fsp3) is 0.125. The summed E-state index contributed by atoms with van der Waals surface area (Å²) in [6.07, 6.45) is 1.58. The SMILES string of the molecule is CNC(=O)c1ccc(CN(C)C(=O)c2cc(-c3ccco3)nn2-c2ccccc2)cc1. The van der Waals surface area contributed by atoms with E-state index in [-0.39, 0.29) is 11.8 Å². The van der Waals surface area contributed by atoms with Gasteiger partial charge in [0.1, 0.15) is 11.4 Å². The highest BCUT2D eigenvalue weighted by Gasteiger charge is 2.22. The standard InChI is InChI=1S/C24H22N4O3/c1-25-23(29)18-12-10-17(11-13-18)16-27(2)24(30)21-15-20(22-9-6-14-31-22)26-28(21)19-7-4-3-5-8-19/h3-15H,16H2,1-2H3,(H,25,29). The van der Waals surface area contributed by atoms with Crippen LogP contribution in [0.1, 0.15) is 26.4 Å². The number of rotatable bonds is 6. The minimum atomic E-state index is -0.176. The maximum atomic E-state index is 13.3. The number of hydrogen-bond acceptors (Lipinski definition) is 4. The van der Waals surface area contributed by atoms with Gasteiger partial charge in [0.15, 0.2) is 5.76 Å². The van der Waals surface area contributed by atoms with Crippen LogP contribution in [-0.2, 0) is 6.54 Å². The molecule has 0 spiro atoms. The highest BCUT2D eigenvalue weighted by Crippen LogP contribution is 2.23. The second-order valence-corrected chi connectivity index (χ2v) is 7.08. The van der Waals surface area contributed by atoms with E-state index >= 15 is 0 Å². The van der Waals surface area contributed by atoms with Crippen molar-refractivity contribution in [2.45, 2.75) is 6.54 Å². The molecule has 0 fully saturated rings. The number of aromatic nitrogens is 2. The highest BCUT2D eigenvalue weighted by atomic mass is 16.3. The molecule has 0 bridgehead atoms. The van der Waals surface area contributed by atoms with Gasteiger partial charge < -0.3 is 14.6 Å². The minimum Gasteiger partial charge on any atom is -0.463 e. The molecule has 0 aliphatic rings. The first kappa shape index (κ1) is 20.2. The first-order valence-electron chi connectivity index (χ1n) is 9.82. The summed E-state index contributed by atoms with van der Waals surface area (Å²) < 4.78 is 7.10. The zero-order chi connectivity index (χ0) is 21.8. The van der Waals surface area contributed by atoms with Crippen molar-refractivity contribution in [3.05, 3.63) is 95.9 Å². The van der Waals surface area contributed by atoms with Gasteiger partial charge in [-0.1, -0.05) is 30.3 Å². The first-order valence-corrected chi connectivity index (χ1v) is 9.82. The number of hydrogen-bond donors (Lipinski definition) is 1. The maximum Gasteiger partial charge on any atom is 0.272 e. The van der Waals surface area contributed by atoms with Crippen LogP contribution in [0.5, 0.6) is 0 Å². The second kappa shape index (κ2) is 8.71. The lowest BCUT2D eigenvalue weighted by Crippen LogP contribution is -2.28. The van der Waals surface area contributed by atoms with Gasteiger partial charge in [0, 0.05) is 32.3 Å². The number of para-hydroxylation sites is 1. The molecule has 2 aromatic carbocycles. The maximum absolute atomic E-state index is 13.3. The number of carbonyl (C=O) groups is 2. The minimum absolute atomic E-state index is 0.145. The summed E-state index contributed by atoms with van der Waals surface area (Å²) in [6, 6.07) is 22.0. The van der Waals surface area contributed by atoms with E-state index in [2.05, 4.69) is 10.4 Å². The quantitative estimate of drug-likeness (QED) is 0.521. The fourth-order valence-electron chi connectivity index (χ4n) is 3.29. The smallest absolute Gasteiger partial charge is 0.272 e. The molecule has 7 heteroatoms. The van der Waals surface area contributed by atoms with Crippen LogP contribution in [0.15, 0.2) is 83.5 Å². The van der Waals surface area contributed by atoms with E-state index in [4.69, 9.17) is 4.42 Å². The highest BCUT2D eigenvalue weighted by molar-refractivity contribution is 5.94. The lowest BCUT2D eigenvalue weighted by molar-refractivity contribution is 0.0775. The summed E-state index contributed by atoms with van der Waals surface area (Å²) in [6.45, 7) is 0.392. The Kier molecular flexibility index (Phi) is 5.66. The molecule has 31 heavy (non-hydrogen) atoms. The van der Waals surface area contributed by atoms with Gasteiger partial charge in [0.2, 0.25) is 0 Å². The van der Waals surface area contributed by atoms with Gasteiger partial charge in [-0.25, -0.2) is 4.68 Å². The normalized spacial score (nSPS) is 10.6. The first-order chi connectivity index (χ1) is 15.1. The van der Waals surface area contributed by atoms with Gasteiger partial charge >= 0.3 is 0 Å². The molecule has 2 amide bonds. The van der Waals surface area contributed by atoms with Gasteiger partial charge in [-0.2, -0.15) is 5.10 Å². The van der Waals surface area contributed by atoms with Crippen molar-refractivity contribution in [3.63, 3.8) is 0 Å². The van der Waals surface area contributed by atoms with Crippen molar-refractivity contribution in [1.82, 2.24) is 20.0 Å². The molecule has 0 atom stereocenters. The van der Waals surface area contributed by atoms with Crippen LogP contribution in [0.3, 0.4) is 0 Å².